The van der Waals surface area contributed by atoms with Gasteiger partial charge in [0.15, 0.2) is 0 Å². The molecule has 0 heterocycles. The van der Waals surface area contributed by atoms with Crippen LogP contribution in [0, 0.1) is 10.1 Å². The predicted molar refractivity (Wildman–Crippen MR) is 70.1 cm³/mol. The molecule has 110 valence electrons. The van der Waals surface area contributed by atoms with Gasteiger partial charge in [-0.1, -0.05) is 0 Å². The number of nitro groups is 1. The zero-order valence-corrected chi connectivity index (χ0v) is 11.9. The van der Waals surface area contributed by atoms with E-state index in [0.29, 0.717) is 0 Å². The second-order valence-corrected chi connectivity index (χ2v) is 6.82. The number of carboxylic acid groups (broad SMARTS) is 1. The molecule has 0 unspecified atom stereocenters. The van der Waals surface area contributed by atoms with Gasteiger partial charge in [0.05, 0.1) is 15.4 Å². The van der Waals surface area contributed by atoms with Crippen LogP contribution in [0.25, 0.3) is 0 Å². The van der Waals surface area contributed by atoms with Crippen molar-refractivity contribution in [3.8, 4) is 0 Å². The molecule has 8 nitrogen and oxygen atoms in total. The fourth-order valence-electron chi connectivity index (χ4n) is 1.43. The van der Waals surface area contributed by atoms with E-state index in [1.54, 1.807) is 20.8 Å². The highest BCUT2D eigenvalue weighted by Crippen LogP contribution is 2.22. The number of non-ortho nitro benzene ring substituents is 1. The maximum Gasteiger partial charge on any atom is 0.335 e. The summed E-state index contributed by atoms with van der Waals surface area (Å²) in [5.74, 6) is -1.44. The van der Waals surface area contributed by atoms with Gasteiger partial charge in [-0.05, 0) is 26.8 Å². The van der Waals surface area contributed by atoms with Crippen LogP contribution in [0.1, 0.15) is 31.1 Å². The summed E-state index contributed by atoms with van der Waals surface area (Å²) in [6, 6.07) is 2.50. The smallest absolute Gasteiger partial charge is 0.335 e. The Balaban J connectivity index is 3.45. The van der Waals surface area contributed by atoms with Crippen LogP contribution in [0.2, 0.25) is 0 Å². The molecule has 1 rings (SSSR count). The summed E-state index contributed by atoms with van der Waals surface area (Å²) in [5.41, 5.74) is -1.86. The van der Waals surface area contributed by atoms with Crippen molar-refractivity contribution in [3.05, 3.63) is 33.9 Å². The van der Waals surface area contributed by atoms with Crippen LogP contribution in [0.3, 0.4) is 0 Å². The average molecular weight is 302 g/mol. The molecule has 0 saturated heterocycles. The van der Waals surface area contributed by atoms with E-state index in [4.69, 9.17) is 5.11 Å². The van der Waals surface area contributed by atoms with E-state index >= 15 is 0 Å². The van der Waals surface area contributed by atoms with Crippen molar-refractivity contribution in [1.29, 1.82) is 0 Å². The Kier molecular flexibility index (Phi) is 4.15. The van der Waals surface area contributed by atoms with Crippen molar-refractivity contribution < 1.29 is 23.2 Å². The van der Waals surface area contributed by atoms with Crippen molar-refractivity contribution in [3.63, 3.8) is 0 Å². The highest BCUT2D eigenvalue weighted by molar-refractivity contribution is 7.89. The number of nitrogens with one attached hydrogen (secondary N) is 1. The third-order valence-corrected chi connectivity index (χ3v) is 3.84. The Morgan fingerprint density at radius 3 is 2.25 bits per heavy atom. The highest BCUT2D eigenvalue weighted by Gasteiger charge is 2.25. The molecule has 1 aromatic carbocycles. The number of nitro benzene ring substituents is 1. The molecule has 0 aliphatic rings. The molecule has 0 radical (unpaired) electrons. The van der Waals surface area contributed by atoms with Gasteiger partial charge in [-0.25, -0.2) is 17.9 Å². The first kappa shape index (κ1) is 16.1. The van der Waals surface area contributed by atoms with Gasteiger partial charge in [0, 0.05) is 17.7 Å². The number of hydrogen-bond acceptors (Lipinski definition) is 5. The van der Waals surface area contributed by atoms with Crippen LogP contribution in [0.5, 0.6) is 0 Å². The molecule has 2 N–H and O–H groups in total. The zero-order chi connectivity index (χ0) is 15.7. The molecule has 0 aromatic heterocycles. The zero-order valence-electron chi connectivity index (χ0n) is 11.1. The normalized spacial score (nSPS) is 12.2. The molecular weight excluding hydrogens is 288 g/mol. The summed E-state index contributed by atoms with van der Waals surface area (Å²) in [6.45, 7) is 4.79. The number of hydrogen-bond donors (Lipinski definition) is 2. The predicted octanol–water partition coefficient (Wildman–Crippen LogP) is 1.37. The summed E-state index contributed by atoms with van der Waals surface area (Å²) >= 11 is 0. The summed E-state index contributed by atoms with van der Waals surface area (Å²) in [5, 5.41) is 19.6. The van der Waals surface area contributed by atoms with Crippen molar-refractivity contribution in [2.45, 2.75) is 31.2 Å². The van der Waals surface area contributed by atoms with Gasteiger partial charge >= 0.3 is 5.97 Å². The minimum Gasteiger partial charge on any atom is -0.478 e. The average Bonchev–Trinajstić information content (AvgIpc) is 2.25. The van der Waals surface area contributed by atoms with Crippen LogP contribution in [-0.2, 0) is 10.0 Å². The lowest BCUT2D eigenvalue weighted by Crippen LogP contribution is -2.40. The van der Waals surface area contributed by atoms with E-state index in [1.165, 1.54) is 0 Å². The third kappa shape index (κ3) is 4.00. The van der Waals surface area contributed by atoms with Crippen LogP contribution in [0.4, 0.5) is 5.69 Å². The number of benzene rings is 1. The van der Waals surface area contributed by atoms with E-state index in [0.717, 1.165) is 18.2 Å². The molecule has 0 atom stereocenters. The van der Waals surface area contributed by atoms with E-state index in [-0.39, 0.29) is 0 Å². The molecule has 0 saturated carbocycles. The van der Waals surface area contributed by atoms with E-state index in [1.807, 2.05) is 0 Å². The Morgan fingerprint density at radius 1 is 1.30 bits per heavy atom. The van der Waals surface area contributed by atoms with E-state index in [9.17, 15) is 23.3 Å². The summed E-state index contributed by atoms with van der Waals surface area (Å²) in [7, 11) is -4.05. The molecule has 0 spiro atoms. The van der Waals surface area contributed by atoms with Crippen LogP contribution in [-0.4, -0.2) is 30.0 Å². The van der Waals surface area contributed by atoms with E-state index < -0.39 is 42.6 Å². The maximum absolute atomic E-state index is 12.1. The van der Waals surface area contributed by atoms with E-state index in [2.05, 4.69) is 4.72 Å². The van der Waals surface area contributed by atoms with Gasteiger partial charge in [0.2, 0.25) is 10.0 Å². The molecule has 0 amide bonds. The quantitative estimate of drug-likeness (QED) is 0.638. The second kappa shape index (κ2) is 5.17. The number of nitrogens with zero attached hydrogens (tertiary/aromatic N) is 1. The number of sulfonamides is 1. The van der Waals surface area contributed by atoms with Gasteiger partial charge < -0.3 is 5.11 Å². The second-order valence-electron chi connectivity index (χ2n) is 5.13. The first-order chi connectivity index (χ1) is 8.92. The van der Waals surface area contributed by atoms with Gasteiger partial charge in [0.25, 0.3) is 5.69 Å². The van der Waals surface area contributed by atoms with Gasteiger partial charge in [-0.15, -0.1) is 0 Å². The lowest BCUT2D eigenvalue weighted by Gasteiger charge is -2.20. The molecule has 0 fully saturated rings. The minimum atomic E-state index is -4.05. The minimum absolute atomic E-state index is 0.459. The van der Waals surface area contributed by atoms with Crippen LogP contribution >= 0.6 is 0 Å². The molecule has 0 aliphatic carbocycles. The Labute approximate surface area is 115 Å². The first-order valence-electron chi connectivity index (χ1n) is 5.49. The lowest BCUT2D eigenvalue weighted by molar-refractivity contribution is -0.385. The fourth-order valence-corrected chi connectivity index (χ4v) is 2.91. The van der Waals surface area contributed by atoms with Crippen LogP contribution < -0.4 is 4.72 Å². The molecule has 9 heteroatoms. The molecule has 20 heavy (non-hydrogen) atoms. The highest BCUT2D eigenvalue weighted by atomic mass is 32.2. The Hall–Kier alpha value is -2.00. The largest absolute Gasteiger partial charge is 0.478 e. The fraction of sp³-hybridized carbons (Fsp3) is 0.364. The number of aromatic carboxylic acids is 1. The number of carboxylic acids is 1. The molecular formula is C11H14N2O6S. The Morgan fingerprint density at radius 2 is 1.85 bits per heavy atom. The SMILES string of the molecule is CC(C)(C)NS(=O)(=O)c1cc(C(=O)O)cc([N+](=O)[O-])c1. The molecule has 0 aliphatic heterocycles. The Bertz CT molecular complexity index is 628. The molecule has 1 aromatic rings. The topological polar surface area (TPSA) is 127 Å². The number of carbonyl (C=O) groups is 1. The van der Waals surface area contributed by atoms with Crippen molar-refractivity contribution >= 4 is 21.7 Å². The lowest BCUT2D eigenvalue weighted by atomic mass is 10.1. The van der Waals surface area contributed by atoms with Crippen molar-refractivity contribution in [1.82, 2.24) is 4.72 Å². The monoisotopic (exact) mass is 302 g/mol. The molecule has 0 bridgehead atoms. The van der Waals surface area contributed by atoms with Gasteiger partial charge in [0.1, 0.15) is 0 Å². The first-order valence-corrected chi connectivity index (χ1v) is 6.97. The van der Waals surface area contributed by atoms with Gasteiger partial charge in [-0.3, -0.25) is 10.1 Å². The maximum atomic E-state index is 12.1. The van der Waals surface area contributed by atoms with Gasteiger partial charge in [-0.2, -0.15) is 0 Å². The standard InChI is InChI=1S/C11H14N2O6S/c1-11(2,3)12-20(18,19)9-5-7(10(14)15)4-8(6-9)13(16)17/h4-6,12H,1-3H3,(H,14,15). The van der Waals surface area contributed by atoms with Crippen molar-refractivity contribution in [2.75, 3.05) is 0 Å². The number of rotatable bonds is 4. The summed E-state index contributed by atoms with van der Waals surface area (Å²) < 4.78 is 26.4. The van der Waals surface area contributed by atoms with Crippen LogP contribution in [0.15, 0.2) is 23.1 Å². The third-order valence-electron chi connectivity index (χ3n) is 2.10. The van der Waals surface area contributed by atoms with Crippen molar-refractivity contribution in [2.24, 2.45) is 0 Å². The summed E-state index contributed by atoms with van der Waals surface area (Å²) in [6.07, 6.45) is 0. The summed E-state index contributed by atoms with van der Waals surface area (Å²) in [4.78, 5) is 20.3.